The van der Waals surface area contributed by atoms with E-state index in [0.29, 0.717) is 59.9 Å². The number of methoxy groups -OCH3 is 1. The number of anilines is 3. The van der Waals surface area contributed by atoms with Crippen molar-refractivity contribution < 1.29 is 28.3 Å². The Bertz CT molecular complexity index is 2580. The zero-order valence-electron chi connectivity index (χ0n) is 34.7. The molecule has 322 valence electrons. The second kappa shape index (κ2) is 17.8. The van der Waals surface area contributed by atoms with Gasteiger partial charge in [0.15, 0.2) is 5.65 Å². The molecule has 0 saturated carbocycles. The topological polar surface area (TPSA) is 171 Å². The fraction of sp³-hybridized carbons (Fsp3) is 0.444. The summed E-state index contributed by atoms with van der Waals surface area (Å²) < 4.78 is 24.1. The van der Waals surface area contributed by atoms with E-state index < -0.39 is 12.2 Å². The normalized spacial score (nSPS) is 20.5. The summed E-state index contributed by atoms with van der Waals surface area (Å²) in [4.78, 5) is 56.3. The highest BCUT2D eigenvalue weighted by atomic mass is 19.1. The number of aromatic nitrogens is 5. The van der Waals surface area contributed by atoms with Crippen molar-refractivity contribution in [2.45, 2.75) is 69.6 Å². The number of halogens is 1. The summed E-state index contributed by atoms with van der Waals surface area (Å²) in [6, 6.07) is 12.7. The predicted molar refractivity (Wildman–Crippen MR) is 232 cm³/mol. The minimum atomic E-state index is -0.936. The first-order chi connectivity index (χ1) is 30.3. The van der Waals surface area contributed by atoms with Crippen molar-refractivity contribution in [1.82, 2.24) is 39.9 Å². The maximum Gasteiger partial charge on any atom is 0.259 e. The molecule has 0 aliphatic carbocycles. The van der Waals surface area contributed by atoms with E-state index in [0.717, 1.165) is 87.1 Å². The molecule has 0 spiro atoms. The molecule has 4 saturated heterocycles. The van der Waals surface area contributed by atoms with Crippen LogP contribution in [-0.2, 0) is 9.59 Å². The number of benzene rings is 2. The van der Waals surface area contributed by atoms with E-state index in [-0.39, 0.29) is 35.8 Å². The van der Waals surface area contributed by atoms with E-state index in [1.807, 2.05) is 29.2 Å². The van der Waals surface area contributed by atoms with E-state index in [1.165, 1.54) is 7.11 Å². The molecule has 2 aromatic carbocycles. The molecule has 17 heteroatoms. The molecule has 4 aliphatic rings. The Labute approximate surface area is 357 Å². The Balaban J connectivity index is 0.803. The molecule has 1 unspecified atom stereocenters. The van der Waals surface area contributed by atoms with Gasteiger partial charge in [-0.05, 0) is 87.3 Å². The van der Waals surface area contributed by atoms with Crippen LogP contribution in [0.4, 0.5) is 21.5 Å². The number of alkyl halides is 1. The Morgan fingerprint density at radius 2 is 1.77 bits per heavy atom. The van der Waals surface area contributed by atoms with Crippen LogP contribution in [0, 0.1) is 5.92 Å². The van der Waals surface area contributed by atoms with Crippen molar-refractivity contribution in [1.29, 1.82) is 0 Å². The lowest BCUT2D eigenvalue weighted by molar-refractivity contribution is 0.0935. The van der Waals surface area contributed by atoms with Crippen LogP contribution in [0.3, 0.4) is 0 Å². The lowest BCUT2D eigenvalue weighted by Gasteiger charge is -2.38. The molecule has 2 atom stereocenters. The van der Waals surface area contributed by atoms with E-state index in [9.17, 15) is 23.6 Å². The minimum Gasteiger partial charge on any atom is -0.496 e. The molecule has 4 aliphatic heterocycles. The van der Waals surface area contributed by atoms with Gasteiger partial charge in [0.05, 0.1) is 47.2 Å². The fourth-order valence-corrected chi connectivity index (χ4v) is 9.46. The highest BCUT2D eigenvalue weighted by Crippen LogP contribution is 2.36. The third kappa shape index (κ3) is 8.51. The number of nitrogens with zero attached hydrogens (tertiary/aromatic N) is 8. The van der Waals surface area contributed by atoms with Crippen LogP contribution in [-0.4, -0.2) is 118 Å². The van der Waals surface area contributed by atoms with Gasteiger partial charge in [-0.1, -0.05) is 0 Å². The molecule has 3 aromatic heterocycles. The minimum absolute atomic E-state index is 0.109. The van der Waals surface area contributed by atoms with E-state index in [1.54, 1.807) is 47.0 Å². The monoisotopic (exact) mass is 843 g/mol. The largest absolute Gasteiger partial charge is 0.496 e. The molecule has 5 aromatic rings. The van der Waals surface area contributed by atoms with E-state index in [2.05, 4.69) is 46.8 Å². The number of likely N-dealkylation sites (tertiary alicyclic amines) is 1. The third-order valence-corrected chi connectivity index (χ3v) is 12.9. The lowest BCUT2D eigenvalue weighted by atomic mass is 9.94. The second-order valence-corrected chi connectivity index (χ2v) is 16.8. The molecular weight excluding hydrogens is 794 g/mol. The van der Waals surface area contributed by atoms with E-state index >= 15 is 0 Å². The molecule has 2 amide bonds. The standard InChI is InChI=1S/C45H50FN11O5/c1-62-42-21-34(7-8-35(42)44(60)49-37-9-6-32(26-58)48-40(37)27-59)54-18-10-29(11-19-54)23-53-16-12-33(13-17-53)57-24-30-20-39(41(22-38(30)52-57)55-14-2-4-31(46)25-55)50-45(61)36-5-3-15-56-28-47-51-43(36)56/h3,5,7-8,15,20-22,24,28-29,31,33,37,48H,2,4,6,9-14,16-19,23,25H2,1H3,(H,49,60)(H,50,61)/t31?,37-/m0/s1. The van der Waals surface area contributed by atoms with Crippen LogP contribution in [0.2, 0.25) is 0 Å². The van der Waals surface area contributed by atoms with Crippen molar-refractivity contribution in [3.63, 3.8) is 0 Å². The molecule has 9 rings (SSSR count). The zero-order chi connectivity index (χ0) is 42.7. The maximum absolute atomic E-state index is 14.7. The number of piperidine rings is 4. The molecule has 4 fully saturated rings. The summed E-state index contributed by atoms with van der Waals surface area (Å²) >= 11 is 0. The molecule has 3 N–H and O–H groups in total. The summed E-state index contributed by atoms with van der Waals surface area (Å²) in [7, 11) is 1.54. The molecule has 0 bridgehead atoms. The third-order valence-electron chi connectivity index (χ3n) is 12.9. The Kier molecular flexibility index (Phi) is 11.7. The number of rotatable bonds is 10. The smallest absolute Gasteiger partial charge is 0.259 e. The molecular formula is C45H50FN11O5. The van der Waals surface area contributed by atoms with Crippen molar-refractivity contribution in [2.75, 3.05) is 68.0 Å². The van der Waals surface area contributed by atoms with E-state index in [4.69, 9.17) is 9.84 Å². The number of carbonyl (C=O) groups is 2. The van der Waals surface area contributed by atoms with Crippen LogP contribution in [0.1, 0.15) is 78.1 Å². The number of amides is 2. The number of hydrogen-bond donors (Lipinski definition) is 3. The quantitative estimate of drug-likeness (QED) is 0.165. The van der Waals surface area contributed by atoms with Crippen LogP contribution in [0.5, 0.6) is 5.75 Å². The average molecular weight is 844 g/mol. The van der Waals surface area contributed by atoms with Gasteiger partial charge in [0.1, 0.15) is 41.5 Å². The second-order valence-electron chi connectivity index (χ2n) is 16.8. The Morgan fingerprint density at radius 1 is 0.935 bits per heavy atom. The molecule has 7 heterocycles. The van der Waals surface area contributed by atoms with Crippen LogP contribution in [0.15, 0.2) is 72.6 Å². The zero-order valence-corrected chi connectivity index (χ0v) is 34.7. The number of hydrogen-bond acceptors (Lipinski definition) is 12. The number of fused-ring (bicyclic) bond motifs is 2. The number of carbonyl (C=O) groups excluding carboxylic acids is 4. The first-order valence-corrected chi connectivity index (χ1v) is 21.5. The Morgan fingerprint density at radius 3 is 2.55 bits per heavy atom. The summed E-state index contributed by atoms with van der Waals surface area (Å²) in [5.41, 5.74) is 4.80. The van der Waals surface area contributed by atoms with Gasteiger partial charge in [0.25, 0.3) is 11.8 Å². The van der Waals surface area contributed by atoms with Gasteiger partial charge < -0.3 is 35.4 Å². The summed E-state index contributed by atoms with van der Waals surface area (Å²) in [6.45, 7) is 5.75. The summed E-state index contributed by atoms with van der Waals surface area (Å²) in [5, 5.41) is 22.7. The van der Waals surface area contributed by atoms with Crippen LogP contribution in [0.25, 0.3) is 16.6 Å². The predicted octanol–water partition coefficient (Wildman–Crippen LogP) is 4.74. The van der Waals surface area contributed by atoms with Gasteiger partial charge in [-0.2, -0.15) is 5.10 Å². The summed E-state index contributed by atoms with van der Waals surface area (Å²) in [5.74, 6) is 3.92. The highest BCUT2D eigenvalue weighted by molar-refractivity contribution is 6.10. The SMILES string of the molecule is COc1cc(N2CCC(CN3CCC(n4cc5cc(NC(=O)c6cccn7cnnc67)c(N6CCCC(F)C6)cc5n4)CC3)CC2)ccc1C(=O)N[C@H]1CCC(=C=O)NC1=C=O. The maximum atomic E-state index is 14.7. The molecule has 0 radical (unpaired) electrons. The van der Waals surface area contributed by atoms with Gasteiger partial charge >= 0.3 is 0 Å². The highest BCUT2D eigenvalue weighted by Gasteiger charge is 2.30. The number of pyridine rings is 1. The molecule has 16 nitrogen and oxygen atoms in total. The van der Waals surface area contributed by atoms with Gasteiger partial charge in [-0.3, -0.25) is 18.7 Å². The summed E-state index contributed by atoms with van der Waals surface area (Å²) in [6.07, 6.45) is 10.6. The van der Waals surface area contributed by atoms with Crippen LogP contribution < -0.4 is 30.5 Å². The number of allylic oxidation sites excluding steroid dienone is 1. The number of nitrogens with one attached hydrogen (secondary N) is 3. The van der Waals surface area contributed by atoms with Crippen molar-refractivity contribution >= 4 is 57.3 Å². The lowest BCUT2D eigenvalue weighted by Crippen LogP contribution is -2.43. The van der Waals surface area contributed by atoms with Crippen molar-refractivity contribution in [3.05, 3.63) is 83.7 Å². The average Bonchev–Trinajstić information content (AvgIpc) is 3.96. The fourth-order valence-electron chi connectivity index (χ4n) is 9.46. The number of ether oxygens (including phenoxy) is 1. The van der Waals surface area contributed by atoms with Crippen molar-refractivity contribution in [2.24, 2.45) is 5.92 Å². The molecule has 62 heavy (non-hydrogen) atoms. The first kappa shape index (κ1) is 40.8. The van der Waals surface area contributed by atoms with Crippen molar-refractivity contribution in [3.8, 4) is 5.75 Å². The van der Waals surface area contributed by atoms with Gasteiger partial charge in [-0.15, -0.1) is 10.2 Å². The Hall–Kier alpha value is -6.54. The van der Waals surface area contributed by atoms with Gasteiger partial charge in [0.2, 0.25) is 0 Å². The van der Waals surface area contributed by atoms with Crippen LogP contribution >= 0.6 is 0 Å². The van der Waals surface area contributed by atoms with Gasteiger partial charge in [0, 0.05) is 81.8 Å². The first-order valence-electron chi connectivity index (χ1n) is 21.5. The van der Waals surface area contributed by atoms with Gasteiger partial charge in [-0.25, -0.2) is 14.0 Å².